The maximum Gasteiger partial charge on any atom is 0.287 e. The maximum atomic E-state index is 13.1. The van der Waals surface area contributed by atoms with Crippen molar-refractivity contribution in [3.05, 3.63) is 21.5 Å². The Kier molecular flexibility index (Phi) is 4.25. The molecule has 0 fully saturated rings. The predicted molar refractivity (Wildman–Crippen MR) is 64.1 cm³/mol. The van der Waals surface area contributed by atoms with Crippen molar-refractivity contribution < 1.29 is 18.3 Å². The molecular formula is C9H10F3IN2O. The van der Waals surface area contributed by atoms with Crippen molar-refractivity contribution >= 4 is 34.0 Å². The molecule has 7 heteroatoms. The Labute approximate surface area is 104 Å². The lowest BCUT2D eigenvalue weighted by Crippen LogP contribution is -2.31. The van der Waals surface area contributed by atoms with Gasteiger partial charge in [-0.25, -0.2) is 13.2 Å². The predicted octanol–water partition coefficient (Wildman–Crippen LogP) is 2.05. The maximum absolute atomic E-state index is 13.1. The van der Waals surface area contributed by atoms with Gasteiger partial charge in [-0.05, 0) is 28.7 Å². The fourth-order valence-corrected chi connectivity index (χ4v) is 1.49. The second-order valence-corrected chi connectivity index (χ2v) is 4.38. The Morgan fingerprint density at radius 1 is 1.44 bits per heavy atom. The Bertz CT molecular complexity index is 387. The summed E-state index contributed by atoms with van der Waals surface area (Å²) in [6.07, 6.45) is 0. The molecule has 0 radical (unpaired) electrons. The quantitative estimate of drug-likeness (QED) is 0.578. The van der Waals surface area contributed by atoms with Gasteiger partial charge in [0.25, 0.3) is 5.92 Å². The van der Waals surface area contributed by atoms with Gasteiger partial charge in [-0.15, -0.1) is 0 Å². The highest BCUT2D eigenvalue weighted by Gasteiger charge is 2.27. The number of alkyl halides is 2. The largest absolute Gasteiger partial charge is 0.397 e. The van der Waals surface area contributed by atoms with E-state index < -0.39 is 24.9 Å². The summed E-state index contributed by atoms with van der Waals surface area (Å²) in [7, 11) is 0. The number of anilines is 2. The van der Waals surface area contributed by atoms with Gasteiger partial charge >= 0.3 is 0 Å². The average molecular weight is 346 g/mol. The summed E-state index contributed by atoms with van der Waals surface area (Å²) in [5.74, 6) is -3.80. The highest BCUT2D eigenvalue weighted by Crippen LogP contribution is 2.25. The molecule has 0 aromatic heterocycles. The van der Waals surface area contributed by atoms with E-state index >= 15 is 0 Å². The van der Waals surface area contributed by atoms with Gasteiger partial charge in [0.05, 0.1) is 21.5 Å². The molecule has 0 aliphatic carbocycles. The molecule has 0 heterocycles. The summed E-state index contributed by atoms with van der Waals surface area (Å²) in [6.45, 7) is -2.07. The summed E-state index contributed by atoms with van der Waals surface area (Å²) in [5, 5.41) is 10.6. The molecule has 4 N–H and O–H groups in total. The Hall–Kier alpha value is -0.700. The molecule has 0 unspecified atom stereocenters. The van der Waals surface area contributed by atoms with Crippen LogP contribution in [0.5, 0.6) is 0 Å². The smallest absolute Gasteiger partial charge is 0.287 e. The molecule has 1 rings (SSSR count). The molecule has 0 bridgehead atoms. The number of nitrogens with two attached hydrogens (primary N) is 1. The van der Waals surface area contributed by atoms with Crippen LogP contribution in [0.1, 0.15) is 0 Å². The van der Waals surface area contributed by atoms with Crippen LogP contribution in [-0.2, 0) is 0 Å². The number of hydrogen-bond donors (Lipinski definition) is 3. The van der Waals surface area contributed by atoms with Crippen molar-refractivity contribution in [1.82, 2.24) is 0 Å². The molecule has 0 atom stereocenters. The zero-order valence-corrected chi connectivity index (χ0v) is 10.3. The SMILES string of the molecule is Nc1cc(I)c(F)cc1NCC(F)(F)CO. The van der Waals surface area contributed by atoms with Gasteiger partial charge in [-0.1, -0.05) is 0 Å². The van der Waals surface area contributed by atoms with E-state index in [1.165, 1.54) is 6.07 Å². The van der Waals surface area contributed by atoms with Gasteiger partial charge in [0.15, 0.2) is 0 Å². The lowest BCUT2D eigenvalue weighted by atomic mass is 10.2. The van der Waals surface area contributed by atoms with E-state index in [-0.39, 0.29) is 11.4 Å². The topological polar surface area (TPSA) is 58.3 Å². The lowest BCUT2D eigenvalue weighted by Gasteiger charge is -2.16. The third-order valence-corrected chi connectivity index (χ3v) is 2.69. The van der Waals surface area contributed by atoms with E-state index in [1.54, 1.807) is 22.6 Å². The molecule has 0 aliphatic rings. The van der Waals surface area contributed by atoms with Crippen LogP contribution in [0.2, 0.25) is 0 Å². The number of nitrogens with one attached hydrogen (secondary N) is 1. The molecule has 0 aliphatic heterocycles. The molecule has 1 aromatic carbocycles. The molecule has 0 spiro atoms. The zero-order valence-electron chi connectivity index (χ0n) is 8.11. The van der Waals surface area contributed by atoms with Gasteiger partial charge < -0.3 is 16.2 Å². The minimum absolute atomic E-state index is 0.0889. The van der Waals surface area contributed by atoms with E-state index in [9.17, 15) is 13.2 Å². The van der Waals surface area contributed by atoms with Gasteiger partial charge in [0.1, 0.15) is 12.4 Å². The van der Waals surface area contributed by atoms with Crippen molar-refractivity contribution in [2.75, 3.05) is 24.2 Å². The second kappa shape index (κ2) is 5.09. The summed E-state index contributed by atoms with van der Waals surface area (Å²) in [6, 6.07) is 2.39. The first kappa shape index (κ1) is 13.4. The minimum Gasteiger partial charge on any atom is -0.397 e. The molecule has 3 nitrogen and oxygen atoms in total. The average Bonchev–Trinajstić information content (AvgIpc) is 2.22. The number of rotatable bonds is 4. The molecule has 90 valence electrons. The monoisotopic (exact) mass is 346 g/mol. The molecular weight excluding hydrogens is 336 g/mol. The number of hydrogen-bond acceptors (Lipinski definition) is 3. The zero-order chi connectivity index (χ0) is 12.3. The minimum atomic E-state index is -3.26. The molecule has 16 heavy (non-hydrogen) atoms. The van der Waals surface area contributed by atoms with Crippen LogP contribution >= 0.6 is 22.6 Å². The van der Waals surface area contributed by atoms with Gasteiger partial charge in [-0.3, -0.25) is 0 Å². The Morgan fingerprint density at radius 2 is 2.06 bits per heavy atom. The lowest BCUT2D eigenvalue weighted by molar-refractivity contribution is -0.0372. The summed E-state index contributed by atoms with van der Waals surface area (Å²) >= 11 is 1.75. The Morgan fingerprint density at radius 3 is 2.62 bits per heavy atom. The van der Waals surface area contributed by atoms with Crippen LogP contribution in [0, 0.1) is 9.39 Å². The van der Waals surface area contributed by atoms with E-state index in [1.807, 2.05) is 0 Å². The Balaban J connectivity index is 2.79. The van der Waals surface area contributed by atoms with Crippen molar-refractivity contribution in [2.24, 2.45) is 0 Å². The normalized spacial score (nSPS) is 11.6. The first-order valence-corrected chi connectivity index (χ1v) is 5.40. The fraction of sp³-hybridized carbons (Fsp3) is 0.333. The molecule has 0 saturated heterocycles. The van der Waals surface area contributed by atoms with E-state index in [0.29, 0.717) is 3.57 Å². The first-order valence-electron chi connectivity index (χ1n) is 4.33. The highest BCUT2D eigenvalue weighted by atomic mass is 127. The number of nitrogen functional groups attached to an aromatic ring is 1. The van der Waals surface area contributed by atoms with Crippen LogP contribution in [0.3, 0.4) is 0 Å². The van der Waals surface area contributed by atoms with Crippen molar-refractivity contribution in [3.8, 4) is 0 Å². The number of halogens is 4. The first-order chi connectivity index (χ1) is 7.35. The summed E-state index contributed by atoms with van der Waals surface area (Å²) < 4.78 is 38.8. The molecule has 0 amide bonds. The van der Waals surface area contributed by atoms with Crippen LogP contribution in [0.4, 0.5) is 24.5 Å². The van der Waals surface area contributed by atoms with Gasteiger partial charge in [0.2, 0.25) is 0 Å². The van der Waals surface area contributed by atoms with E-state index in [2.05, 4.69) is 5.32 Å². The van der Waals surface area contributed by atoms with E-state index in [4.69, 9.17) is 10.8 Å². The van der Waals surface area contributed by atoms with E-state index in [0.717, 1.165) is 6.07 Å². The summed E-state index contributed by atoms with van der Waals surface area (Å²) in [4.78, 5) is 0. The molecule has 0 saturated carbocycles. The standard InChI is InChI=1S/C9H10F3IN2O/c10-5-1-8(7(14)2-6(5)13)15-3-9(11,12)4-16/h1-2,15-16H,3-4,14H2. The molecule has 1 aromatic rings. The third-order valence-electron chi connectivity index (χ3n) is 1.86. The van der Waals surface area contributed by atoms with Crippen molar-refractivity contribution in [1.29, 1.82) is 0 Å². The van der Waals surface area contributed by atoms with Crippen LogP contribution in [0.15, 0.2) is 12.1 Å². The van der Waals surface area contributed by atoms with Gasteiger partial charge in [0, 0.05) is 6.07 Å². The summed E-state index contributed by atoms with van der Waals surface area (Å²) in [5.41, 5.74) is 5.79. The second-order valence-electron chi connectivity index (χ2n) is 3.22. The number of aliphatic hydroxyl groups is 1. The van der Waals surface area contributed by atoms with Crippen molar-refractivity contribution in [2.45, 2.75) is 5.92 Å². The number of benzene rings is 1. The fourth-order valence-electron chi connectivity index (χ4n) is 0.996. The third kappa shape index (κ3) is 3.41. The van der Waals surface area contributed by atoms with Crippen LogP contribution < -0.4 is 11.1 Å². The highest BCUT2D eigenvalue weighted by molar-refractivity contribution is 14.1. The van der Waals surface area contributed by atoms with Crippen molar-refractivity contribution in [3.63, 3.8) is 0 Å². The van der Waals surface area contributed by atoms with Crippen LogP contribution in [0.25, 0.3) is 0 Å². The number of aliphatic hydroxyl groups excluding tert-OH is 1. The van der Waals surface area contributed by atoms with Gasteiger partial charge in [-0.2, -0.15) is 0 Å². The van der Waals surface area contributed by atoms with Crippen LogP contribution in [-0.4, -0.2) is 24.2 Å².